The van der Waals surface area contributed by atoms with Crippen molar-refractivity contribution in [2.24, 2.45) is 0 Å². The minimum absolute atomic E-state index is 0.0276. The first-order valence-electron chi connectivity index (χ1n) is 7.85. The van der Waals surface area contributed by atoms with E-state index in [2.05, 4.69) is 32.3 Å². The first-order chi connectivity index (χ1) is 10.7. The summed E-state index contributed by atoms with van der Waals surface area (Å²) < 4.78 is 35.2. The summed E-state index contributed by atoms with van der Waals surface area (Å²) >= 11 is 0. The smallest absolute Gasteiger partial charge is 0.282 e. The van der Waals surface area contributed by atoms with Gasteiger partial charge in [-0.25, -0.2) is 0 Å². The molecule has 2 aromatic carbocycles. The zero-order valence-electron chi connectivity index (χ0n) is 13.9. The molecule has 0 saturated heterocycles. The molecule has 1 aliphatic rings. The van der Waals surface area contributed by atoms with Crippen LogP contribution in [-0.2, 0) is 15.5 Å². The van der Waals surface area contributed by atoms with Crippen LogP contribution in [0.2, 0.25) is 0 Å². The Bertz CT molecular complexity index is 940. The van der Waals surface area contributed by atoms with E-state index in [1.165, 1.54) is 11.8 Å². The Morgan fingerprint density at radius 2 is 1.83 bits per heavy atom. The van der Waals surface area contributed by atoms with Crippen LogP contribution in [0.15, 0.2) is 35.2 Å². The molecule has 0 amide bonds. The number of hydrogen-bond donors (Lipinski definition) is 1. The predicted octanol–water partition coefficient (Wildman–Crippen LogP) is 3.89. The van der Waals surface area contributed by atoms with Crippen molar-refractivity contribution in [2.45, 2.75) is 44.4 Å². The molecule has 0 unspecified atom stereocenters. The molecule has 1 aliphatic heterocycles. The van der Waals surface area contributed by atoms with Gasteiger partial charge in [0.2, 0.25) is 5.69 Å². The minimum atomic E-state index is -4.24. The van der Waals surface area contributed by atoms with Gasteiger partial charge in [-0.05, 0) is 31.4 Å². The highest BCUT2D eigenvalue weighted by atomic mass is 32.2. The van der Waals surface area contributed by atoms with Crippen LogP contribution in [0.4, 0.5) is 5.69 Å². The fraction of sp³-hybridized carbons (Fsp3) is 0.389. The van der Waals surface area contributed by atoms with Crippen LogP contribution in [0, 0.1) is 0 Å². The van der Waals surface area contributed by atoms with Crippen molar-refractivity contribution >= 4 is 32.3 Å². The van der Waals surface area contributed by atoms with Gasteiger partial charge in [0.15, 0.2) is 5.71 Å². The molecule has 0 atom stereocenters. The van der Waals surface area contributed by atoms with Crippen LogP contribution < -0.4 is 0 Å². The summed E-state index contributed by atoms with van der Waals surface area (Å²) in [4.78, 5) is -0.0276. The van der Waals surface area contributed by atoms with Gasteiger partial charge in [0.1, 0.15) is 11.4 Å². The van der Waals surface area contributed by atoms with E-state index in [-0.39, 0.29) is 10.3 Å². The van der Waals surface area contributed by atoms with Gasteiger partial charge in [-0.1, -0.05) is 19.1 Å². The minimum Gasteiger partial charge on any atom is -0.282 e. The van der Waals surface area contributed by atoms with Gasteiger partial charge in [0.05, 0.1) is 5.41 Å². The molecule has 5 heteroatoms. The Balaban J connectivity index is 2.41. The summed E-state index contributed by atoms with van der Waals surface area (Å²) in [5.74, 6) is 0. The molecule has 3 rings (SSSR count). The van der Waals surface area contributed by atoms with Crippen LogP contribution >= 0.6 is 0 Å². The van der Waals surface area contributed by atoms with Gasteiger partial charge in [0, 0.05) is 30.4 Å². The molecule has 0 aromatic heterocycles. The lowest BCUT2D eigenvalue weighted by Gasteiger charge is -2.17. The second-order valence-electron chi connectivity index (χ2n) is 6.65. The Morgan fingerprint density at radius 3 is 2.43 bits per heavy atom. The van der Waals surface area contributed by atoms with Crippen LogP contribution in [0.3, 0.4) is 0 Å². The maximum Gasteiger partial charge on any atom is 0.295 e. The monoisotopic (exact) mass is 332 g/mol. The maximum absolute atomic E-state index is 11.7. The second-order valence-corrected chi connectivity index (χ2v) is 8.04. The quantitative estimate of drug-likeness (QED) is 0.685. The van der Waals surface area contributed by atoms with Crippen molar-refractivity contribution in [1.29, 1.82) is 0 Å². The molecule has 4 nitrogen and oxygen atoms in total. The zero-order valence-corrected chi connectivity index (χ0v) is 14.7. The summed E-state index contributed by atoms with van der Waals surface area (Å²) in [5, 5.41) is 1.47. The Morgan fingerprint density at radius 1 is 1.13 bits per heavy atom. The van der Waals surface area contributed by atoms with E-state index < -0.39 is 10.1 Å². The summed E-state index contributed by atoms with van der Waals surface area (Å²) in [6.07, 6.45) is 1.04. The van der Waals surface area contributed by atoms with Gasteiger partial charge in [-0.15, -0.1) is 0 Å². The van der Waals surface area contributed by atoms with Gasteiger partial charge >= 0.3 is 0 Å². The SMILES string of the molecule is CCC[N+]1=C(C)C(C)(C)c2c1ccc1c(S(=O)(=O)O)cccc21. The molecule has 0 radical (unpaired) electrons. The molecule has 122 valence electrons. The van der Waals surface area contributed by atoms with E-state index in [1.807, 2.05) is 12.1 Å². The molecule has 0 fully saturated rings. The van der Waals surface area contributed by atoms with Crippen LogP contribution in [-0.4, -0.2) is 29.8 Å². The molecule has 0 saturated carbocycles. The lowest BCUT2D eigenvalue weighted by molar-refractivity contribution is -0.438. The van der Waals surface area contributed by atoms with Gasteiger partial charge < -0.3 is 0 Å². The van der Waals surface area contributed by atoms with Crippen molar-refractivity contribution < 1.29 is 17.5 Å². The van der Waals surface area contributed by atoms with Crippen molar-refractivity contribution in [3.05, 3.63) is 35.9 Å². The molecular weight excluding hydrogens is 310 g/mol. The van der Waals surface area contributed by atoms with E-state index in [9.17, 15) is 13.0 Å². The van der Waals surface area contributed by atoms with Crippen LogP contribution in [0.25, 0.3) is 10.8 Å². The number of hydrogen-bond acceptors (Lipinski definition) is 2. The lowest BCUT2D eigenvalue weighted by atomic mass is 9.80. The molecule has 0 spiro atoms. The zero-order chi connectivity index (χ0) is 17.0. The van der Waals surface area contributed by atoms with Crippen LogP contribution in [0.1, 0.15) is 39.7 Å². The molecule has 0 aliphatic carbocycles. The van der Waals surface area contributed by atoms with Crippen molar-refractivity contribution in [3.8, 4) is 0 Å². The average molecular weight is 332 g/mol. The lowest BCUT2D eigenvalue weighted by Crippen LogP contribution is -2.26. The van der Waals surface area contributed by atoms with E-state index >= 15 is 0 Å². The second kappa shape index (κ2) is 5.14. The summed E-state index contributed by atoms with van der Waals surface area (Å²) in [6, 6.07) is 8.86. The summed E-state index contributed by atoms with van der Waals surface area (Å²) in [5.41, 5.74) is 3.35. The first kappa shape index (κ1) is 16.1. The first-order valence-corrected chi connectivity index (χ1v) is 9.29. The summed E-state index contributed by atoms with van der Waals surface area (Å²) in [7, 11) is -4.24. The highest BCUT2D eigenvalue weighted by molar-refractivity contribution is 7.86. The van der Waals surface area contributed by atoms with Gasteiger partial charge in [-0.2, -0.15) is 13.0 Å². The average Bonchev–Trinajstić information content (AvgIpc) is 2.67. The number of benzene rings is 2. The van der Waals surface area contributed by atoms with Gasteiger partial charge in [-0.3, -0.25) is 4.55 Å². The normalized spacial score (nSPS) is 16.9. The highest BCUT2D eigenvalue weighted by Gasteiger charge is 2.44. The molecule has 1 heterocycles. The Labute approximate surface area is 137 Å². The molecule has 2 aromatic rings. The van der Waals surface area contributed by atoms with E-state index in [0.717, 1.165) is 29.6 Å². The fourth-order valence-corrected chi connectivity index (χ4v) is 4.34. The maximum atomic E-state index is 11.7. The highest BCUT2D eigenvalue weighted by Crippen LogP contribution is 2.44. The largest absolute Gasteiger partial charge is 0.295 e. The third kappa shape index (κ3) is 2.30. The van der Waals surface area contributed by atoms with Crippen LogP contribution in [0.5, 0.6) is 0 Å². The third-order valence-electron chi connectivity index (χ3n) is 4.95. The predicted molar refractivity (Wildman–Crippen MR) is 92.5 cm³/mol. The van der Waals surface area contributed by atoms with E-state index in [1.54, 1.807) is 12.1 Å². The van der Waals surface area contributed by atoms with Crippen molar-refractivity contribution in [3.63, 3.8) is 0 Å². The number of fused-ring (bicyclic) bond motifs is 3. The number of rotatable bonds is 3. The fourth-order valence-electron chi connectivity index (χ4n) is 3.63. The van der Waals surface area contributed by atoms with E-state index in [4.69, 9.17) is 0 Å². The topological polar surface area (TPSA) is 57.4 Å². The summed E-state index contributed by atoms with van der Waals surface area (Å²) in [6.45, 7) is 9.54. The Kier molecular flexibility index (Phi) is 3.61. The molecule has 1 N–H and O–H groups in total. The molecular formula is C18H22NO3S+. The van der Waals surface area contributed by atoms with Gasteiger partial charge in [0.25, 0.3) is 10.1 Å². The molecule has 0 bridgehead atoms. The van der Waals surface area contributed by atoms with Crippen molar-refractivity contribution in [1.82, 2.24) is 0 Å². The Hall–Kier alpha value is -1.72. The van der Waals surface area contributed by atoms with Crippen molar-refractivity contribution in [2.75, 3.05) is 6.54 Å². The van der Waals surface area contributed by atoms with E-state index in [0.29, 0.717) is 5.39 Å². The standard InChI is InChI=1S/C18H21NO3S/c1-5-11-19-12(2)18(3,4)17-14-7-6-8-16(23(20,21)22)13(14)9-10-15(17)19/h6-10H,5,11H2,1-4H3/p+1. The third-order valence-corrected chi connectivity index (χ3v) is 5.86. The molecule has 23 heavy (non-hydrogen) atoms. The number of nitrogens with zero attached hydrogens (tertiary/aromatic N) is 1.